The molecule has 2 aromatic rings. The molecule has 0 unspecified atom stereocenters. The van der Waals surface area contributed by atoms with E-state index >= 15 is 0 Å². The van der Waals surface area contributed by atoms with Gasteiger partial charge in [-0.15, -0.1) is 0 Å². The van der Waals surface area contributed by atoms with Crippen LogP contribution in [-0.2, 0) is 0 Å². The Morgan fingerprint density at radius 2 is 0.950 bits per heavy atom. The minimum absolute atomic E-state index is 0.958. The smallest absolute Gasteiger partial charge is 0.0477 e. The fourth-order valence-corrected chi connectivity index (χ4v) is 6.64. The highest BCUT2D eigenvalue weighted by Crippen LogP contribution is 2.49. The van der Waals surface area contributed by atoms with E-state index in [1.165, 1.54) is 0 Å². The van der Waals surface area contributed by atoms with Crippen molar-refractivity contribution < 1.29 is 0 Å². The van der Waals surface area contributed by atoms with Crippen molar-refractivity contribution in [1.29, 1.82) is 0 Å². The summed E-state index contributed by atoms with van der Waals surface area (Å²) in [4.78, 5) is 0. The lowest BCUT2D eigenvalue weighted by Crippen LogP contribution is -1.89. The molecule has 20 heavy (non-hydrogen) atoms. The normalized spacial score (nSPS) is 11.0. The van der Waals surface area contributed by atoms with Crippen LogP contribution in [0, 0.1) is 0 Å². The van der Waals surface area contributed by atoms with Gasteiger partial charge in [-0.05, 0) is 124 Å². The molecule has 0 aromatic heterocycles. The van der Waals surface area contributed by atoms with Crippen LogP contribution in [0.5, 0.6) is 0 Å². The molecule has 8 heteroatoms. The van der Waals surface area contributed by atoms with Gasteiger partial charge in [0, 0.05) is 46.9 Å². The molecule has 0 aliphatic heterocycles. The Balaban J connectivity index is 2.86. The lowest BCUT2D eigenvalue weighted by Gasteiger charge is -2.15. The lowest BCUT2D eigenvalue weighted by atomic mass is 10.1. The molecule has 0 atom stereocenters. The van der Waals surface area contributed by atoms with E-state index in [9.17, 15) is 0 Å². The molecule has 0 aliphatic carbocycles. The minimum atomic E-state index is 0.958. The second-order valence-electron chi connectivity index (χ2n) is 3.69. The quantitative estimate of drug-likeness (QED) is 0.200. The van der Waals surface area contributed by atoms with Crippen molar-refractivity contribution in [1.82, 2.24) is 0 Å². The van der Waals surface area contributed by atoms with Crippen LogP contribution < -0.4 is 0 Å². The molecule has 0 saturated carbocycles. The molecule has 0 aliphatic rings. The Bertz CT molecular complexity index is 708. The Morgan fingerprint density at radius 1 is 0.450 bits per heavy atom. The van der Waals surface area contributed by atoms with Crippen LogP contribution >= 0.6 is 127 Å². The van der Waals surface area contributed by atoms with Gasteiger partial charge in [-0.1, -0.05) is 15.9 Å². The van der Waals surface area contributed by atoms with Gasteiger partial charge in [0.2, 0.25) is 0 Å². The minimum Gasteiger partial charge on any atom is -0.0501 e. The van der Waals surface area contributed by atoms with Gasteiger partial charge in [-0.25, -0.2) is 0 Å². The number of hydrogen-bond donors (Lipinski definition) is 0. The maximum atomic E-state index is 3.65. The molecular weight excluding hydrogens is 783 g/mol. The summed E-state index contributed by atoms with van der Waals surface area (Å²) in [6, 6.07) is 4.07. The first-order chi connectivity index (χ1) is 9.25. The predicted octanol–water partition coefficient (Wildman–Crippen LogP) is 9.45. The Kier molecular flexibility index (Phi) is 6.93. The molecule has 2 rings (SSSR count). The molecular formula is C12H2Br8. The van der Waals surface area contributed by atoms with Crippen molar-refractivity contribution in [3.63, 3.8) is 0 Å². The van der Waals surface area contributed by atoms with Gasteiger partial charge in [-0.2, -0.15) is 0 Å². The number of hydrogen-bond acceptors (Lipinski definition) is 0. The third-order valence-electron chi connectivity index (χ3n) is 2.49. The molecule has 0 heterocycles. The molecule has 0 saturated heterocycles. The highest BCUT2D eigenvalue weighted by Gasteiger charge is 2.19. The fraction of sp³-hybridized carbons (Fsp3) is 0. The van der Waals surface area contributed by atoms with Gasteiger partial charge in [0.25, 0.3) is 0 Å². The van der Waals surface area contributed by atoms with Gasteiger partial charge in [0.1, 0.15) is 0 Å². The van der Waals surface area contributed by atoms with Gasteiger partial charge >= 0.3 is 0 Å². The lowest BCUT2D eigenvalue weighted by molar-refractivity contribution is 1.43. The van der Waals surface area contributed by atoms with Crippen molar-refractivity contribution in [2.45, 2.75) is 0 Å². The van der Waals surface area contributed by atoms with Crippen molar-refractivity contribution >= 4 is 127 Å². The zero-order valence-electron chi connectivity index (χ0n) is 9.18. The summed E-state index contributed by atoms with van der Waals surface area (Å²) in [5, 5.41) is 0. The molecule has 0 nitrogen and oxygen atoms in total. The average molecular weight is 785 g/mol. The standard InChI is InChI=1S/C12H2Br8/c13-4-2-6(15)9(17)11(19)7(4)3-1-5(14)10(18)12(20)8(3)16/h1-2H. The summed E-state index contributed by atoms with van der Waals surface area (Å²) in [6.45, 7) is 0. The predicted molar refractivity (Wildman–Crippen MR) is 113 cm³/mol. The van der Waals surface area contributed by atoms with Crippen molar-refractivity contribution in [3.05, 3.63) is 47.9 Å². The third kappa shape index (κ3) is 3.52. The van der Waals surface area contributed by atoms with E-state index in [1.807, 2.05) is 6.07 Å². The Hall–Kier alpha value is 2.28. The molecule has 0 spiro atoms. The van der Waals surface area contributed by atoms with Crippen LogP contribution in [0.3, 0.4) is 0 Å². The maximum absolute atomic E-state index is 3.65. The van der Waals surface area contributed by atoms with Crippen LogP contribution in [0.1, 0.15) is 0 Å². The second kappa shape index (κ2) is 7.45. The zero-order chi connectivity index (χ0) is 15.2. The van der Waals surface area contributed by atoms with Gasteiger partial charge in [0.05, 0.1) is 0 Å². The van der Waals surface area contributed by atoms with Crippen LogP contribution in [-0.4, -0.2) is 0 Å². The first-order valence-electron chi connectivity index (χ1n) is 4.92. The van der Waals surface area contributed by atoms with Crippen LogP contribution in [0.4, 0.5) is 0 Å². The maximum Gasteiger partial charge on any atom is 0.0477 e. The first-order valence-corrected chi connectivity index (χ1v) is 11.3. The van der Waals surface area contributed by atoms with E-state index in [0.717, 1.165) is 46.9 Å². The molecule has 0 radical (unpaired) electrons. The summed E-state index contributed by atoms with van der Waals surface area (Å²) >= 11 is 28.7. The Labute approximate surface area is 183 Å². The van der Waals surface area contributed by atoms with E-state index in [0.29, 0.717) is 0 Å². The van der Waals surface area contributed by atoms with Crippen LogP contribution in [0.2, 0.25) is 0 Å². The third-order valence-corrected chi connectivity index (χ3v) is 11.1. The summed E-state index contributed by atoms with van der Waals surface area (Å²) in [7, 11) is 0. The van der Waals surface area contributed by atoms with E-state index in [2.05, 4.69) is 134 Å². The summed E-state index contributed by atoms with van der Waals surface area (Å²) in [5.41, 5.74) is 2.11. The monoisotopic (exact) mass is 777 g/mol. The van der Waals surface area contributed by atoms with E-state index < -0.39 is 0 Å². The van der Waals surface area contributed by atoms with Crippen LogP contribution in [0.25, 0.3) is 11.1 Å². The van der Waals surface area contributed by atoms with Crippen molar-refractivity contribution in [2.24, 2.45) is 0 Å². The summed E-state index contributed by atoms with van der Waals surface area (Å²) in [6.07, 6.45) is 0. The van der Waals surface area contributed by atoms with E-state index in [1.54, 1.807) is 0 Å². The van der Waals surface area contributed by atoms with E-state index in [-0.39, 0.29) is 0 Å². The fourth-order valence-electron chi connectivity index (χ4n) is 1.57. The second-order valence-corrected chi connectivity index (χ2v) is 10.2. The highest BCUT2D eigenvalue weighted by atomic mass is 79.9. The molecule has 0 bridgehead atoms. The average Bonchev–Trinajstić information content (AvgIpc) is 2.39. The topological polar surface area (TPSA) is 0 Å². The van der Waals surface area contributed by atoms with Gasteiger partial charge in [-0.3, -0.25) is 0 Å². The van der Waals surface area contributed by atoms with Crippen LogP contribution in [0.15, 0.2) is 47.9 Å². The number of rotatable bonds is 1. The van der Waals surface area contributed by atoms with E-state index in [4.69, 9.17) is 0 Å². The van der Waals surface area contributed by atoms with Crippen molar-refractivity contribution in [3.8, 4) is 11.1 Å². The molecule has 2 aromatic carbocycles. The summed E-state index contributed by atoms with van der Waals surface area (Å²) < 4.78 is 7.78. The van der Waals surface area contributed by atoms with Gasteiger partial charge < -0.3 is 0 Å². The largest absolute Gasteiger partial charge is 0.0501 e. The summed E-state index contributed by atoms with van der Waals surface area (Å²) in [5.74, 6) is 0. The Morgan fingerprint density at radius 3 is 1.55 bits per heavy atom. The zero-order valence-corrected chi connectivity index (χ0v) is 21.9. The molecule has 0 N–H and O–H groups in total. The van der Waals surface area contributed by atoms with Crippen molar-refractivity contribution in [2.75, 3.05) is 0 Å². The van der Waals surface area contributed by atoms with Gasteiger partial charge in [0.15, 0.2) is 0 Å². The number of halogens is 8. The molecule has 0 amide bonds. The number of benzene rings is 2. The SMILES string of the molecule is Brc1cc(-c2c(Br)cc(Br)c(Br)c2Br)c(Br)c(Br)c1Br. The highest BCUT2D eigenvalue weighted by molar-refractivity contribution is 9.15. The molecule has 106 valence electrons. The first kappa shape index (κ1) is 18.6. The molecule has 0 fully saturated rings.